The van der Waals surface area contributed by atoms with Crippen LogP contribution in [-0.2, 0) is 33.2 Å². The van der Waals surface area contributed by atoms with Crippen molar-refractivity contribution in [1.82, 2.24) is 0 Å². The highest BCUT2D eigenvalue weighted by atomic mass is 16.8. The van der Waals surface area contributed by atoms with Crippen molar-refractivity contribution < 1.29 is 61.9 Å². The van der Waals surface area contributed by atoms with E-state index >= 15 is 0 Å². The summed E-state index contributed by atoms with van der Waals surface area (Å²) in [5.74, 6) is -4.85. The molecular weight excluding hydrogens is 472 g/mol. The molecule has 4 rings (SSSR count). The normalized spacial score (nSPS) is 13.7. The first kappa shape index (κ1) is 23.7. The fraction of sp³-hybridized carbons (Fsp3) is 0.182. The molecule has 2 aliphatic rings. The average Bonchev–Trinajstić information content (AvgIpc) is 3.30. The molecule has 13 heteroatoms. The number of fused-ring (bicyclic) bond motifs is 2. The molecule has 2 heterocycles. The van der Waals surface area contributed by atoms with Crippen molar-refractivity contribution in [3.8, 4) is 0 Å². The Balaban J connectivity index is 1.09. The predicted molar refractivity (Wildman–Crippen MR) is 106 cm³/mol. The Kier molecular flexibility index (Phi) is 6.91. The third kappa shape index (κ3) is 5.22. The Morgan fingerprint density at radius 3 is 1.34 bits per heavy atom. The van der Waals surface area contributed by atoms with Crippen LogP contribution in [0.4, 0.5) is 0 Å². The third-order valence-electron chi connectivity index (χ3n) is 4.64. The van der Waals surface area contributed by atoms with Crippen LogP contribution in [0.25, 0.3) is 0 Å². The summed E-state index contributed by atoms with van der Waals surface area (Å²) < 4.78 is 33.5. The van der Waals surface area contributed by atoms with Gasteiger partial charge in [-0.15, -0.1) is 0 Å². The first-order valence-electron chi connectivity index (χ1n) is 9.73. The van der Waals surface area contributed by atoms with Gasteiger partial charge in [0, 0.05) is 0 Å². The van der Waals surface area contributed by atoms with E-state index in [0.717, 1.165) is 0 Å². The van der Waals surface area contributed by atoms with Gasteiger partial charge in [0.2, 0.25) is 0 Å². The van der Waals surface area contributed by atoms with Gasteiger partial charge in [-0.2, -0.15) is 0 Å². The monoisotopic (exact) mass is 486 g/mol. The summed E-state index contributed by atoms with van der Waals surface area (Å²) >= 11 is 0. The lowest BCUT2D eigenvalue weighted by Crippen LogP contribution is -2.14. The van der Waals surface area contributed by atoms with E-state index < -0.39 is 49.4 Å². The summed E-state index contributed by atoms with van der Waals surface area (Å²) in [5.41, 5.74) is 0.125. The highest BCUT2D eigenvalue weighted by Crippen LogP contribution is 2.22. The summed E-state index contributed by atoms with van der Waals surface area (Å²) in [5, 5.41) is 0. The van der Waals surface area contributed by atoms with Crippen molar-refractivity contribution in [2.45, 2.75) is 0 Å². The highest BCUT2D eigenvalue weighted by molar-refractivity contribution is 6.16. The zero-order valence-electron chi connectivity index (χ0n) is 17.6. The lowest BCUT2D eigenvalue weighted by atomic mass is 10.1. The van der Waals surface area contributed by atoms with Crippen molar-refractivity contribution >= 4 is 35.8 Å². The Hall–Kier alpha value is -4.46. The molecule has 0 atom stereocenters. The van der Waals surface area contributed by atoms with E-state index in [1.165, 1.54) is 36.4 Å². The molecule has 0 spiro atoms. The van der Waals surface area contributed by atoms with Crippen molar-refractivity contribution in [3.05, 3.63) is 69.8 Å². The molecule has 13 nitrogen and oxygen atoms in total. The number of hydrogen-bond donors (Lipinski definition) is 0. The van der Waals surface area contributed by atoms with Crippen LogP contribution < -0.4 is 0 Å². The third-order valence-corrected chi connectivity index (χ3v) is 4.64. The van der Waals surface area contributed by atoms with Crippen molar-refractivity contribution in [3.63, 3.8) is 0 Å². The van der Waals surface area contributed by atoms with E-state index in [2.05, 4.69) is 9.47 Å². The van der Waals surface area contributed by atoms with Crippen molar-refractivity contribution in [1.29, 1.82) is 0 Å². The number of rotatable bonds is 10. The molecule has 0 amide bonds. The van der Waals surface area contributed by atoms with E-state index in [9.17, 15) is 28.8 Å². The zero-order chi connectivity index (χ0) is 24.9. The Bertz CT molecular complexity index is 1150. The molecule has 2 aromatic rings. The summed E-state index contributed by atoms with van der Waals surface area (Å²) in [6.45, 7) is -1.60. The second-order valence-corrected chi connectivity index (χ2v) is 6.82. The minimum Gasteiger partial charge on any atom is -0.435 e. The fourth-order valence-electron chi connectivity index (χ4n) is 3.00. The number of benzene rings is 2. The quantitative estimate of drug-likeness (QED) is 0.155. The fourth-order valence-corrected chi connectivity index (χ4v) is 3.00. The predicted octanol–water partition coefficient (Wildman–Crippen LogP) is 1.20. The highest BCUT2D eigenvalue weighted by Gasteiger charge is 2.31. The molecule has 0 fully saturated rings. The number of hydrogen-bond acceptors (Lipinski definition) is 13. The van der Waals surface area contributed by atoms with Crippen molar-refractivity contribution in [2.75, 3.05) is 27.2 Å². The lowest BCUT2D eigenvalue weighted by molar-refractivity contribution is -0.177. The molecule has 0 unspecified atom stereocenters. The van der Waals surface area contributed by atoms with Crippen LogP contribution in [0.2, 0.25) is 0 Å². The molecule has 35 heavy (non-hydrogen) atoms. The first-order valence-corrected chi connectivity index (χ1v) is 9.73. The Morgan fingerprint density at radius 2 is 0.914 bits per heavy atom. The van der Waals surface area contributed by atoms with E-state index in [0.29, 0.717) is 0 Å². The summed E-state index contributed by atoms with van der Waals surface area (Å²) in [6.07, 6.45) is 0. The molecule has 180 valence electrons. The van der Waals surface area contributed by atoms with Gasteiger partial charge in [-0.1, -0.05) is 0 Å². The van der Waals surface area contributed by atoms with E-state index in [4.69, 9.17) is 23.7 Å². The van der Waals surface area contributed by atoms with Gasteiger partial charge in [0.15, 0.2) is 27.2 Å². The maximum absolute atomic E-state index is 12.0. The van der Waals surface area contributed by atoms with Crippen LogP contribution in [-0.4, -0.2) is 63.0 Å². The summed E-state index contributed by atoms with van der Waals surface area (Å²) in [4.78, 5) is 69.8. The van der Waals surface area contributed by atoms with Gasteiger partial charge in [0.1, 0.15) is 0 Å². The molecule has 0 bridgehead atoms. The van der Waals surface area contributed by atoms with Crippen molar-refractivity contribution in [2.24, 2.45) is 0 Å². The van der Waals surface area contributed by atoms with E-state index in [1.807, 2.05) is 0 Å². The molecule has 0 saturated carbocycles. The van der Waals surface area contributed by atoms with E-state index in [-0.39, 0.29) is 47.0 Å². The topological polar surface area (TPSA) is 167 Å². The van der Waals surface area contributed by atoms with Crippen LogP contribution in [0.5, 0.6) is 0 Å². The number of esters is 6. The second kappa shape index (κ2) is 10.2. The molecule has 0 aliphatic carbocycles. The van der Waals surface area contributed by atoms with Gasteiger partial charge < -0.3 is 33.2 Å². The van der Waals surface area contributed by atoms with Gasteiger partial charge in [-0.25, -0.2) is 28.8 Å². The molecule has 0 saturated heterocycles. The molecular formula is C22H14O13. The van der Waals surface area contributed by atoms with Gasteiger partial charge in [0.05, 0.1) is 33.4 Å². The average molecular weight is 486 g/mol. The maximum Gasteiger partial charge on any atom is 0.346 e. The van der Waals surface area contributed by atoms with Gasteiger partial charge in [-0.3, -0.25) is 0 Å². The van der Waals surface area contributed by atoms with Crippen LogP contribution in [0.15, 0.2) is 36.4 Å². The van der Waals surface area contributed by atoms with Gasteiger partial charge in [0.25, 0.3) is 0 Å². The molecule has 0 radical (unpaired) electrons. The largest absolute Gasteiger partial charge is 0.435 e. The van der Waals surface area contributed by atoms with Crippen LogP contribution in [0, 0.1) is 0 Å². The smallest absolute Gasteiger partial charge is 0.346 e. The molecule has 0 aromatic heterocycles. The van der Waals surface area contributed by atoms with Gasteiger partial charge >= 0.3 is 35.8 Å². The number of carbonyl (C=O) groups excluding carboxylic acids is 6. The Labute approximate surface area is 195 Å². The number of ether oxygens (including phenoxy) is 7. The standard InChI is InChI=1S/C22H14O13/c23-17(11-1-3-13-15(5-11)21(27)34-19(13)25)32-9-30-7-29-8-31-10-33-18(24)12-2-4-14-16(6-12)22(28)35-20(14)26/h1-6H,7-10H2. The molecule has 0 N–H and O–H groups in total. The van der Waals surface area contributed by atoms with E-state index in [1.54, 1.807) is 0 Å². The van der Waals surface area contributed by atoms with Crippen LogP contribution in [0.3, 0.4) is 0 Å². The number of cyclic esters (lactones) is 4. The second-order valence-electron chi connectivity index (χ2n) is 6.82. The molecule has 2 aliphatic heterocycles. The SMILES string of the molecule is O=C(OCOCOCOCOC(=O)c1ccc2c(c1)C(=O)OC2=O)c1ccc2c(c1)C(=O)OC2=O. The minimum atomic E-state index is -0.844. The van der Waals surface area contributed by atoms with Crippen LogP contribution in [0.1, 0.15) is 62.1 Å². The maximum atomic E-state index is 12.0. The minimum absolute atomic E-state index is 0.0249. The molecule has 2 aromatic carbocycles. The van der Waals surface area contributed by atoms with Gasteiger partial charge in [-0.05, 0) is 36.4 Å². The number of carbonyl (C=O) groups is 6. The zero-order valence-corrected chi connectivity index (χ0v) is 17.6. The summed E-state index contributed by atoms with van der Waals surface area (Å²) in [7, 11) is 0. The first-order chi connectivity index (χ1) is 16.8. The Morgan fingerprint density at radius 1 is 0.543 bits per heavy atom. The summed E-state index contributed by atoms with van der Waals surface area (Å²) in [6, 6.07) is 7.55. The van der Waals surface area contributed by atoms with Crippen LogP contribution >= 0.6 is 0 Å². The lowest BCUT2D eigenvalue weighted by Gasteiger charge is -2.08.